The lowest BCUT2D eigenvalue weighted by Crippen LogP contribution is -2.38. The summed E-state index contributed by atoms with van der Waals surface area (Å²) in [5, 5.41) is 5.97. The number of nitrogens with zero attached hydrogens (tertiary/aromatic N) is 2. The average Bonchev–Trinajstić information content (AvgIpc) is 3.19. The Bertz CT molecular complexity index is 734. The van der Waals surface area contributed by atoms with Gasteiger partial charge in [0.1, 0.15) is 0 Å². The molecule has 5 nitrogen and oxygen atoms in total. The van der Waals surface area contributed by atoms with E-state index in [1.807, 2.05) is 45.3 Å². The van der Waals surface area contributed by atoms with E-state index in [1.165, 1.54) is 29.7 Å². The Kier molecular flexibility index (Phi) is 6.35. The number of likely N-dealkylation sites (tertiary alicyclic amines) is 1. The van der Waals surface area contributed by atoms with Crippen LogP contribution in [0, 0.1) is 6.92 Å². The Morgan fingerprint density at radius 3 is 2.26 bits per heavy atom. The smallest absolute Gasteiger partial charge is 0.319 e. The van der Waals surface area contributed by atoms with Crippen LogP contribution in [0.3, 0.4) is 0 Å². The number of aryl methyl sites for hydroxylation is 1. The van der Waals surface area contributed by atoms with Crippen molar-refractivity contribution in [1.82, 2.24) is 10.2 Å². The first-order valence-corrected chi connectivity index (χ1v) is 9.66. The molecule has 1 aliphatic heterocycles. The van der Waals surface area contributed by atoms with Crippen molar-refractivity contribution in [3.8, 4) is 0 Å². The Hall–Kier alpha value is -2.53. The highest BCUT2D eigenvalue weighted by molar-refractivity contribution is 5.89. The molecule has 3 rings (SSSR count). The minimum Gasteiger partial charge on any atom is -0.378 e. The van der Waals surface area contributed by atoms with E-state index in [2.05, 4.69) is 44.7 Å². The molecule has 0 unspecified atom stereocenters. The quantitative estimate of drug-likeness (QED) is 0.812. The predicted molar refractivity (Wildman–Crippen MR) is 113 cm³/mol. The maximum Gasteiger partial charge on any atom is 0.319 e. The molecule has 2 N–H and O–H groups in total. The predicted octanol–water partition coefficient (Wildman–Crippen LogP) is 4.02. The van der Waals surface area contributed by atoms with Crippen molar-refractivity contribution in [2.24, 2.45) is 0 Å². The zero-order valence-corrected chi connectivity index (χ0v) is 16.5. The summed E-state index contributed by atoms with van der Waals surface area (Å²) in [4.78, 5) is 16.9. The van der Waals surface area contributed by atoms with Crippen molar-refractivity contribution in [2.75, 3.05) is 43.9 Å². The van der Waals surface area contributed by atoms with Gasteiger partial charge in [-0.15, -0.1) is 0 Å². The van der Waals surface area contributed by atoms with Gasteiger partial charge in [-0.25, -0.2) is 4.79 Å². The van der Waals surface area contributed by atoms with Crippen LogP contribution in [-0.2, 0) is 0 Å². The second kappa shape index (κ2) is 8.91. The first-order valence-electron chi connectivity index (χ1n) is 9.66. The fourth-order valence-electron chi connectivity index (χ4n) is 3.51. The van der Waals surface area contributed by atoms with Crippen molar-refractivity contribution in [3.05, 3.63) is 59.7 Å². The Morgan fingerprint density at radius 2 is 1.67 bits per heavy atom. The average molecular weight is 367 g/mol. The maximum atomic E-state index is 12.3. The summed E-state index contributed by atoms with van der Waals surface area (Å²) in [5.41, 5.74) is 4.42. The number of urea groups is 1. The Labute approximate surface area is 162 Å². The summed E-state index contributed by atoms with van der Waals surface area (Å²) >= 11 is 0. The molecule has 5 heteroatoms. The van der Waals surface area contributed by atoms with Gasteiger partial charge < -0.3 is 15.5 Å². The van der Waals surface area contributed by atoms with Crippen molar-refractivity contribution < 1.29 is 4.79 Å². The topological polar surface area (TPSA) is 47.6 Å². The van der Waals surface area contributed by atoms with Crippen LogP contribution in [0.4, 0.5) is 16.2 Å². The number of carbonyl (C=O) groups excluding carboxylic acids is 1. The van der Waals surface area contributed by atoms with E-state index in [4.69, 9.17) is 0 Å². The number of rotatable bonds is 6. The third-order valence-corrected chi connectivity index (χ3v) is 5.14. The van der Waals surface area contributed by atoms with E-state index in [9.17, 15) is 4.79 Å². The molecule has 144 valence electrons. The summed E-state index contributed by atoms with van der Waals surface area (Å²) in [6, 6.07) is 16.5. The highest BCUT2D eigenvalue weighted by Gasteiger charge is 2.24. The molecule has 1 aliphatic rings. The number of anilines is 2. The van der Waals surface area contributed by atoms with E-state index >= 15 is 0 Å². The largest absolute Gasteiger partial charge is 0.378 e. The first-order chi connectivity index (χ1) is 13.0. The van der Waals surface area contributed by atoms with Gasteiger partial charge >= 0.3 is 6.03 Å². The molecule has 0 aromatic heterocycles. The van der Waals surface area contributed by atoms with Gasteiger partial charge in [0.15, 0.2) is 0 Å². The van der Waals surface area contributed by atoms with Crippen molar-refractivity contribution in [3.63, 3.8) is 0 Å². The minimum absolute atomic E-state index is 0.159. The number of benzene rings is 2. The molecule has 0 spiro atoms. The normalized spacial score (nSPS) is 15.4. The zero-order valence-electron chi connectivity index (χ0n) is 16.5. The van der Waals surface area contributed by atoms with Crippen LogP contribution in [0.5, 0.6) is 0 Å². The SMILES string of the molecule is Cc1ccc(NC(=O)NC[C@H](c2ccc(N(C)C)cc2)N2CCCC2)cc1. The molecule has 0 bridgehead atoms. The third kappa shape index (κ3) is 5.23. The van der Waals surface area contributed by atoms with Gasteiger partial charge in [0.25, 0.3) is 0 Å². The summed E-state index contributed by atoms with van der Waals surface area (Å²) in [6.07, 6.45) is 2.45. The monoisotopic (exact) mass is 366 g/mol. The van der Waals surface area contributed by atoms with Gasteiger partial charge in [-0.3, -0.25) is 4.90 Å². The minimum atomic E-state index is -0.159. The molecule has 1 atom stereocenters. The van der Waals surface area contributed by atoms with Crippen LogP contribution in [0.25, 0.3) is 0 Å². The number of hydrogen-bond acceptors (Lipinski definition) is 3. The van der Waals surface area contributed by atoms with Crippen LogP contribution in [0.1, 0.15) is 30.0 Å². The van der Waals surface area contributed by atoms with Crippen molar-refractivity contribution >= 4 is 17.4 Å². The fourth-order valence-corrected chi connectivity index (χ4v) is 3.51. The van der Waals surface area contributed by atoms with E-state index in [0.717, 1.165) is 18.8 Å². The standard InChI is InChI=1S/C22H30N4O/c1-17-6-10-19(11-7-17)24-22(27)23-16-21(26-14-4-5-15-26)18-8-12-20(13-9-18)25(2)3/h6-13,21H,4-5,14-16H2,1-3H3,(H2,23,24,27)/t21-/m1/s1. The second-order valence-electron chi connectivity index (χ2n) is 7.45. The van der Waals surface area contributed by atoms with E-state index in [0.29, 0.717) is 6.54 Å². The lowest BCUT2D eigenvalue weighted by Gasteiger charge is -2.28. The Morgan fingerprint density at radius 1 is 1.04 bits per heavy atom. The summed E-state index contributed by atoms with van der Waals surface area (Å²) < 4.78 is 0. The zero-order chi connectivity index (χ0) is 19.2. The van der Waals surface area contributed by atoms with E-state index in [-0.39, 0.29) is 12.1 Å². The third-order valence-electron chi connectivity index (χ3n) is 5.14. The molecule has 0 aliphatic carbocycles. The summed E-state index contributed by atoms with van der Waals surface area (Å²) in [5.74, 6) is 0. The molecular weight excluding hydrogens is 336 g/mol. The maximum absolute atomic E-state index is 12.3. The van der Waals surface area contributed by atoms with Gasteiger partial charge in [0.2, 0.25) is 0 Å². The molecule has 2 aromatic rings. The number of nitrogens with one attached hydrogen (secondary N) is 2. The van der Waals surface area contributed by atoms with E-state index in [1.54, 1.807) is 0 Å². The van der Waals surface area contributed by atoms with Crippen molar-refractivity contribution in [2.45, 2.75) is 25.8 Å². The van der Waals surface area contributed by atoms with Crippen molar-refractivity contribution in [1.29, 1.82) is 0 Å². The fraction of sp³-hybridized carbons (Fsp3) is 0.409. The highest BCUT2D eigenvalue weighted by atomic mass is 16.2. The molecule has 0 radical (unpaired) electrons. The lowest BCUT2D eigenvalue weighted by atomic mass is 10.0. The second-order valence-corrected chi connectivity index (χ2v) is 7.45. The highest BCUT2D eigenvalue weighted by Crippen LogP contribution is 2.26. The first kappa shape index (κ1) is 19.2. The summed E-state index contributed by atoms with van der Waals surface area (Å²) in [6.45, 7) is 4.80. The summed E-state index contributed by atoms with van der Waals surface area (Å²) in [7, 11) is 4.09. The van der Waals surface area contributed by atoms with Crippen LogP contribution in [0.2, 0.25) is 0 Å². The van der Waals surface area contributed by atoms with Gasteiger partial charge in [-0.1, -0.05) is 29.8 Å². The molecule has 1 heterocycles. The van der Waals surface area contributed by atoms with Crippen LogP contribution in [-0.4, -0.2) is 44.7 Å². The van der Waals surface area contributed by atoms with Gasteiger partial charge in [-0.05, 0) is 62.7 Å². The van der Waals surface area contributed by atoms with Crippen LogP contribution < -0.4 is 15.5 Å². The number of amides is 2. The number of carbonyl (C=O) groups is 1. The number of hydrogen-bond donors (Lipinski definition) is 2. The van der Waals surface area contributed by atoms with Gasteiger partial charge in [0.05, 0.1) is 6.04 Å². The molecule has 0 saturated carbocycles. The van der Waals surface area contributed by atoms with Crippen LogP contribution in [0.15, 0.2) is 48.5 Å². The molecule has 27 heavy (non-hydrogen) atoms. The van der Waals surface area contributed by atoms with E-state index < -0.39 is 0 Å². The van der Waals surface area contributed by atoms with Gasteiger partial charge in [0, 0.05) is 32.0 Å². The van der Waals surface area contributed by atoms with Crippen LogP contribution >= 0.6 is 0 Å². The van der Waals surface area contributed by atoms with Gasteiger partial charge in [-0.2, -0.15) is 0 Å². The molecule has 2 aromatic carbocycles. The Balaban J connectivity index is 1.64. The lowest BCUT2D eigenvalue weighted by molar-refractivity contribution is 0.227. The molecule has 1 saturated heterocycles. The molecule has 1 fully saturated rings. The molecule has 2 amide bonds. The molecular formula is C22H30N4O.